The summed E-state index contributed by atoms with van der Waals surface area (Å²) in [6, 6.07) is 7.09. The van der Waals surface area contributed by atoms with Crippen LogP contribution < -0.4 is 10.9 Å². The maximum Gasteiger partial charge on any atom is 0.260 e. The summed E-state index contributed by atoms with van der Waals surface area (Å²) in [6.07, 6.45) is 0. The van der Waals surface area contributed by atoms with Crippen LogP contribution >= 0.6 is 0 Å². The maximum absolute atomic E-state index is 12.2. The molecular formula is C14H21N3O2. The van der Waals surface area contributed by atoms with Crippen molar-refractivity contribution in [2.45, 2.75) is 33.4 Å². The smallest absolute Gasteiger partial charge is 0.260 e. The van der Waals surface area contributed by atoms with Crippen molar-refractivity contribution in [1.82, 2.24) is 15.8 Å². The molecule has 1 aromatic rings. The van der Waals surface area contributed by atoms with E-state index in [2.05, 4.69) is 10.9 Å². The van der Waals surface area contributed by atoms with Crippen LogP contribution in [0.4, 0.5) is 0 Å². The van der Waals surface area contributed by atoms with Gasteiger partial charge in [0.25, 0.3) is 5.91 Å². The Kier molecular flexibility index (Phi) is 5.66. The molecular weight excluding hydrogens is 242 g/mol. The van der Waals surface area contributed by atoms with Gasteiger partial charge in [0.05, 0.1) is 0 Å². The van der Waals surface area contributed by atoms with E-state index in [1.165, 1.54) is 11.8 Å². The van der Waals surface area contributed by atoms with Gasteiger partial charge in [-0.05, 0) is 38.6 Å². The average Bonchev–Trinajstić information content (AvgIpc) is 2.36. The number of nitrogens with one attached hydrogen (secondary N) is 2. The Morgan fingerprint density at radius 3 is 2.21 bits per heavy atom. The van der Waals surface area contributed by atoms with Gasteiger partial charge in [0.15, 0.2) is 0 Å². The van der Waals surface area contributed by atoms with Crippen LogP contribution in [0.5, 0.6) is 0 Å². The molecule has 2 amide bonds. The van der Waals surface area contributed by atoms with Gasteiger partial charge in [-0.2, -0.15) is 0 Å². The summed E-state index contributed by atoms with van der Waals surface area (Å²) in [5.41, 5.74) is 7.39. The Morgan fingerprint density at radius 2 is 1.79 bits per heavy atom. The Hall–Kier alpha value is -1.72. The minimum atomic E-state index is -0.254. The van der Waals surface area contributed by atoms with Crippen molar-refractivity contribution in [3.63, 3.8) is 0 Å². The lowest BCUT2D eigenvalue weighted by Gasteiger charge is -2.23. The van der Waals surface area contributed by atoms with E-state index in [0.29, 0.717) is 12.1 Å². The number of amides is 2. The van der Waals surface area contributed by atoms with Crippen molar-refractivity contribution < 1.29 is 9.59 Å². The summed E-state index contributed by atoms with van der Waals surface area (Å²) in [7, 11) is 1.80. The Labute approximate surface area is 114 Å². The zero-order valence-corrected chi connectivity index (χ0v) is 11.9. The van der Waals surface area contributed by atoms with Gasteiger partial charge in [0, 0.05) is 25.1 Å². The SMILES string of the molecule is CNNCc1ccc(C(=O)N(C(C)=O)C(C)C)cc1. The molecule has 0 aliphatic carbocycles. The molecule has 0 bridgehead atoms. The second-order valence-corrected chi connectivity index (χ2v) is 4.59. The number of hydrazine groups is 1. The van der Waals surface area contributed by atoms with Crippen molar-refractivity contribution in [3.05, 3.63) is 35.4 Å². The van der Waals surface area contributed by atoms with Gasteiger partial charge in [-0.15, -0.1) is 0 Å². The maximum atomic E-state index is 12.2. The van der Waals surface area contributed by atoms with E-state index in [9.17, 15) is 9.59 Å². The number of benzene rings is 1. The van der Waals surface area contributed by atoms with Crippen molar-refractivity contribution >= 4 is 11.8 Å². The molecule has 1 aromatic carbocycles. The van der Waals surface area contributed by atoms with Gasteiger partial charge in [-0.25, -0.2) is 0 Å². The number of carbonyl (C=O) groups excluding carboxylic acids is 2. The van der Waals surface area contributed by atoms with E-state index < -0.39 is 0 Å². The minimum absolute atomic E-state index is 0.143. The third kappa shape index (κ3) is 4.15. The first-order valence-electron chi connectivity index (χ1n) is 6.30. The zero-order valence-electron chi connectivity index (χ0n) is 11.9. The van der Waals surface area contributed by atoms with Gasteiger partial charge in [-0.3, -0.25) is 25.3 Å². The first kappa shape index (κ1) is 15.3. The number of hydrogen-bond donors (Lipinski definition) is 2. The van der Waals surface area contributed by atoms with Crippen LogP contribution in [0.25, 0.3) is 0 Å². The molecule has 19 heavy (non-hydrogen) atoms. The average molecular weight is 263 g/mol. The molecule has 2 N–H and O–H groups in total. The highest BCUT2D eigenvalue weighted by Gasteiger charge is 2.22. The van der Waals surface area contributed by atoms with Crippen molar-refractivity contribution in [2.75, 3.05) is 7.05 Å². The monoisotopic (exact) mass is 263 g/mol. The second-order valence-electron chi connectivity index (χ2n) is 4.59. The topological polar surface area (TPSA) is 61.4 Å². The van der Waals surface area contributed by atoms with E-state index >= 15 is 0 Å². The van der Waals surface area contributed by atoms with Gasteiger partial charge >= 0.3 is 0 Å². The summed E-state index contributed by atoms with van der Waals surface area (Å²) in [6.45, 7) is 5.73. The van der Waals surface area contributed by atoms with E-state index in [0.717, 1.165) is 5.56 Å². The highest BCUT2D eigenvalue weighted by Crippen LogP contribution is 2.10. The molecule has 0 unspecified atom stereocenters. The highest BCUT2D eigenvalue weighted by molar-refractivity contribution is 6.04. The zero-order chi connectivity index (χ0) is 14.4. The van der Waals surface area contributed by atoms with Gasteiger partial charge in [0.1, 0.15) is 0 Å². The molecule has 104 valence electrons. The predicted octanol–water partition coefficient (Wildman–Crippen LogP) is 1.31. The minimum Gasteiger partial charge on any atom is -0.276 e. The van der Waals surface area contributed by atoms with Crippen LogP contribution in [0.3, 0.4) is 0 Å². The standard InChI is InChI=1S/C14H21N3O2/c1-10(2)17(11(3)18)14(19)13-7-5-12(6-8-13)9-16-15-4/h5-8,10,15-16H,9H2,1-4H3. The number of imide groups is 1. The Morgan fingerprint density at radius 1 is 1.21 bits per heavy atom. The third-order valence-electron chi connectivity index (χ3n) is 2.74. The lowest BCUT2D eigenvalue weighted by atomic mass is 10.1. The lowest BCUT2D eigenvalue weighted by Crippen LogP contribution is -2.40. The van der Waals surface area contributed by atoms with Crippen LogP contribution in [0.2, 0.25) is 0 Å². The summed E-state index contributed by atoms with van der Waals surface area (Å²) in [5, 5.41) is 0. The van der Waals surface area contributed by atoms with Crippen LogP contribution in [-0.4, -0.2) is 29.8 Å². The number of carbonyl (C=O) groups is 2. The third-order valence-corrected chi connectivity index (χ3v) is 2.74. The fourth-order valence-electron chi connectivity index (χ4n) is 1.84. The summed E-state index contributed by atoms with van der Waals surface area (Å²) < 4.78 is 0. The first-order valence-corrected chi connectivity index (χ1v) is 6.30. The quantitative estimate of drug-likeness (QED) is 0.786. The molecule has 1 rings (SSSR count). The van der Waals surface area contributed by atoms with Crippen LogP contribution in [0, 0.1) is 0 Å². The van der Waals surface area contributed by atoms with Crippen LogP contribution in [0.15, 0.2) is 24.3 Å². The molecule has 0 aromatic heterocycles. The molecule has 0 saturated heterocycles. The molecule has 0 spiro atoms. The Balaban J connectivity index is 2.84. The lowest BCUT2D eigenvalue weighted by molar-refractivity contribution is -0.127. The van der Waals surface area contributed by atoms with E-state index in [1.807, 2.05) is 26.0 Å². The fraction of sp³-hybridized carbons (Fsp3) is 0.429. The Bertz CT molecular complexity index is 441. The number of hydrogen-bond acceptors (Lipinski definition) is 4. The highest BCUT2D eigenvalue weighted by atomic mass is 16.2. The van der Waals surface area contributed by atoms with Crippen molar-refractivity contribution in [2.24, 2.45) is 0 Å². The normalized spacial score (nSPS) is 10.6. The fourth-order valence-corrected chi connectivity index (χ4v) is 1.84. The van der Waals surface area contributed by atoms with Crippen LogP contribution in [-0.2, 0) is 11.3 Å². The largest absolute Gasteiger partial charge is 0.276 e. The van der Waals surface area contributed by atoms with Crippen molar-refractivity contribution in [1.29, 1.82) is 0 Å². The van der Waals surface area contributed by atoms with E-state index in [4.69, 9.17) is 0 Å². The second kappa shape index (κ2) is 7.01. The van der Waals surface area contributed by atoms with Gasteiger partial charge < -0.3 is 0 Å². The molecule has 5 heteroatoms. The number of nitrogens with zero attached hydrogens (tertiary/aromatic N) is 1. The summed E-state index contributed by atoms with van der Waals surface area (Å²) in [4.78, 5) is 25.0. The molecule has 0 fully saturated rings. The number of rotatable bonds is 5. The summed E-state index contributed by atoms with van der Waals surface area (Å²) in [5.74, 6) is -0.489. The molecule has 0 saturated carbocycles. The molecule has 0 heterocycles. The predicted molar refractivity (Wildman–Crippen MR) is 74.3 cm³/mol. The summed E-state index contributed by atoms with van der Waals surface area (Å²) >= 11 is 0. The van der Waals surface area contributed by atoms with Crippen LogP contribution in [0.1, 0.15) is 36.7 Å². The molecule has 0 radical (unpaired) electrons. The van der Waals surface area contributed by atoms with Gasteiger partial charge in [-0.1, -0.05) is 12.1 Å². The molecule has 0 aliphatic rings. The molecule has 0 atom stereocenters. The van der Waals surface area contributed by atoms with Crippen molar-refractivity contribution in [3.8, 4) is 0 Å². The molecule has 0 aliphatic heterocycles. The van der Waals surface area contributed by atoms with E-state index in [1.54, 1.807) is 19.2 Å². The first-order chi connectivity index (χ1) is 8.97. The van der Waals surface area contributed by atoms with E-state index in [-0.39, 0.29) is 17.9 Å². The van der Waals surface area contributed by atoms with Gasteiger partial charge in [0.2, 0.25) is 5.91 Å². The molecule has 5 nitrogen and oxygen atoms in total.